The van der Waals surface area contributed by atoms with Crippen LogP contribution in [0.15, 0.2) is 36.4 Å². The van der Waals surface area contributed by atoms with Gasteiger partial charge in [0.25, 0.3) is 0 Å². The largest absolute Gasteiger partial charge is 0.493 e. The molecule has 0 fully saturated rings. The average molecular weight is 369 g/mol. The standard InChI is InChI=1S/C17H18Cl2N2O3/c1-23-14-7-6-11(10-15(14)24-2)8-9-20-17(22)21-13-5-3-4-12(18)16(13)19/h3-7,10H,8-9H2,1-2H3,(H2,20,21,22). The molecule has 0 spiro atoms. The van der Waals surface area contributed by atoms with Crippen LogP contribution in [0.4, 0.5) is 10.5 Å². The number of rotatable bonds is 6. The number of halogens is 2. The highest BCUT2D eigenvalue weighted by atomic mass is 35.5. The van der Waals surface area contributed by atoms with E-state index in [1.165, 1.54) is 0 Å². The molecule has 24 heavy (non-hydrogen) atoms. The predicted molar refractivity (Wildman–Crippen MR) is 96.7 cm³/mol. The van der Waals surface area contributed by atoms with Gasteiger partial charge in [0.05, 0.1) is 30.0 Å². The first kappa shape index (κ1) is 18.2. The topological polar surface area (TPSA) is 59.6 Å². The van der Waals surface area contributed by atoms with Crippen LogP contribution in [0.2, 0.25) is 10.0 Å². The number of amides is 2. The highest BCUT2D eigenvalue weighted by molar-refractivity contribution is 6.43. The molecule has 5 nitrogen and oxygen atoms in total. The Morgan fingerprint density at radius 1 is 1.08 bits per heavy atom. The quantitative estimate of drug-likeness (QED) is 0.795. The Bertz CT molecular complexity index is 723. The lowest BCUT2D eigenvalue weighted by Crippen LogP contribution is -2.30. The number of methoxy groups -OCH3 is 2. The fraction of sp³-hybridized carbons (Fsp3) is 0.235. The second-order valence-corrected chi connectivity index (χ2v) is 5.71. The van der Waals surface area contributed by atoms with Crippen LogP contribution in [0, 0.1) is 0 Å². The molecule has 0 radical (unpaired) electrons. The molecule has 0 atom stereocenters. The summed E-state index contributed by atoms with van der Waals surface area (Å²) in [7, 11) is 3.17. The Morgan fingerprint density at radius 3 is 2.54 bits per heavy atom. The molecule has 7 heteroatoms. The van der Waals surface area contributed by atoms with Crippen LogP contribution in [-0.4, -0.2) is 26.8 Å². The molecule has 2 rings (SSSR count). The lowest BCUT2D eigenvalue weighted by molar-refractivity contribution is 0.252. The number of anilines is 1. The van der Waals surface area contributed by atoms with Crippen LogP contribution in [0.5, 0.6) is 11.5 Å². The van der Waals surface area contributed by atoms with Gasteiger partial charge in [-0.05, 0) is 36.2 Å². The maximum Gasteiger partial charge on any atom is 0.319 e. The van der Waals surface area contributed by atoms with Crippen molar-refractivity contribution in [2.24, 2.45) is 0 Å². The molecule has 0 unspecified atom stereocenters. The van der Waals surface area contributed by atoms with Crippen molar-refractivity contribution < 1.29 is 14.3 Å². The summed E-state index contributed by atoms with van der Waals surface area (Å²) in [6.07, 6.45) is 0.650. The summed E-state index contributed by atoms with van der Waals surface area (Å²) >= 11 is 11.9. The normalized spacial score (nSPS) is 10.2. The fourth-order valence-electron chi connectivity index (χ4n) is 2.12. The van der Waals surface area contributed by atoms with E-state index in [4.69, 9.17) is 32.7 Å². The first-order valence-electron chi connectivity index (χ1n) is 7.25. The van der Waals surface area contributed by atoms with Gasteiger partial charge in [0, 0.05) is 6.54 Å². The molecule has 0 aromatic heterocycles. The lowest BCUT2D eigenvalue weighted by atomic mass is 10.1. The van der Waals surface area contributed by atoms with Gasteiger partial charge in [0.2, 0.25) is 0 Å². The van der Waals surface area contributed by atoms with Gasteiger partial charge in [0.1, 0.15) is 0 Å². The third-order valence-corrected chi connectivity index (χ3v) is 4.17. The van der Waals surface area contributed by atoms with Crippen LogP contribution >= 0.6 is 23.2 Å². The Kier molecular flexibility index (Phi) is 6.58. The smallest absolute Gasteiger partial charge is 0.319 e. The number of ether oxygens (including phenoxy) is 2. The van der Waals surface area contributed by atoms with Gasteiger partial charge in [0.15, 0.2) is 11.5 Å². The number of carbonyl (C=O) groups excluding carboxylic acids is 1. The van der Waals surface area contributed by atoms with Crippen molar-refractivity contribution in [3.05, 3.63) is 52.0 Å². The number of hydrogen-bond acceptors (Lipinski definition) is 3. The summed E-state index contributed by atoms with van der Waals surface area (Å²) in [6.45, 7) is 0.458. The van der Waals surface area contributed by atoms with E-state index in [-0.39, 0.29) is 6.03 Å². The molecule has 2 N–H and O–H groups in total. The molecular formula is C17H18Cl2N2O3. The van der Waals surface area contributed by atoms with Gasteiger partial charge in [-0.2, -0.15) is 0 Å². The monoisotopic (exact) mass is 368 g/mol. The lowest BCUT2D eigenvalue weighted by Gasteiger charge is -2.11. The van der Waals surface area contributed by atoms with Crippen molar-refractivity contribution >= 4 is 34.9 Å². The van der Waals surface area contributed by atoms with Crippen LogP contribution in [-0.2, 0) is 6.42 Å². The van der Waals surface area contributed by atoms with Crippen molar-refractivity contribution in [1.82, 2.24) is 5.32 Å². The second-order valence-electron chi connectivity index (χ2n) is 4.92. The van der Waals surface area contributed by atoms with Crippen molar-refractivity contribution in [2.75, 3.05) is 26.1 Å². The molecule has 2 aromatic rings. The highest BCUT2D eigenvalue weighted by Crippen LogP contribution is 2.29. The van der Waals surface area contributed by atoms with Crippen molar-refractivity contribution in [3.63, 3.8) is 0 Å². The molecule has 0 aliphatic heterocycles. The molecule has 0 bridgehead atoms. The third kappa shape index (κ3) is 4.69. The zero-order valence-electron chi connectivity index (χ0n) is 13.4. The molecule has 0 heterocycles. The Labute approximate surface area is 150 Å². The SMILES string of the molecule is COc1ccc(CCNC(=O)Nc2cccc(Cl)c2Cl)cc1OC. The minimum atomic E-state index is -0.348. The zero-order valence-corrected chi connectivity index (χ0v) is 14.9. The van der Waals surface area contributed by atoms with E-state index >= 15 is 0 Å². The van der Waals surface area contributed by atoms with Gasteiger partial charge in [-0.3, -0.25) is 0 Å². The van der Waals surface area contributed by atoms with Crippen molar-refractivity contribution in [2.45, 2.75) is 6.42 Å². The summed E-state index contributed by atoms with van der Waals surface area (Å²) in [5.74, 6) is 1.33. The van der Waals surface area contributed by atoms with E-state index in [9.17, 15) is 4.79 Å². The van der Waals surface area contributed by atoms with Crippen LogP contribution in [0.3, 0.4) is 0 Å². The Hall–Kier alpha value is -2.11. The summed E-state index contributed by atoms with van der Waals surface area (Å²) in [4.78, 5) is 11.9. The number of hydrogen-bond donors (Lipinski definition) is 2. The van der Waals surface area contributed by atoms with Gasteiger partial charge in [-0.1, -0.05) is 35.3 Å². The maximum absolute atomic E-state index is 11.9. The number of carbonyl (C=O) groups is 1. The van der Waals surface area contributed by atoms with Crippen LogP contribution < -0.4 is 20.1 Å². The number of benzene rings is 2. The maximum atomic E-state index is 11.9. The molecular weight excluding hydrogens is 351 g/mol. The van der Waals surface area contributed by atoms with Crippen LogP contribution in [0.1, 0.15) is 5.56 Å². The van der Waals surface area contributed by atoms with Crippen molar-refractivity contribution in [1.29, 1.82) is 0 Å². The summed E-state index contributed by atoms with van der Waals surface area (Å²) in [5.41, 5.74) is 1.49. The highest BCUT2D eigenvalue weighted by Gasteiger charge is 2.08. The Balaban J connectivity index is 1.87. The van der Waals surface area contributed by atoms with E-state index in [2.05, 4.69) is 10.6 Å². The third-order valence-electron chi connectivity index (χ3n) is 3.35. The predicted octanol–water partition coefficient (Wildman–Crippen LogP) is 4.37. The van der Waals surface area contributed by atoms with Crippen molar-refractivity contribution in [3.8, 4) is 11.5 Å². The second kappa shape index (κ2) is 8.66. The molecule has 0 saturated heterocycles. The van der Waals surface area contributed by atoms with E-state index < -0.39 is 0 Å². The van der Waals surface area contributed by atoms with Gasteiger partial charge in [-0.25, -0.2) is 4.79 Å². The van der Waals surface area contributed by atoms with Crippen LogP contribution in [0.25, 0.3) is 0 Å². The number of urea groups is 1. The van der Waals surface area contributed by atoms with E-state index in [1.54, 1.807) is 32.4 Å². The molecule has 128 valence electrons. The summed E-state index contributed by atoms with van der Waals surface area (Å²) < 4.78 is 10.4. The minimum absolute atomic E-state index is 0.314. The average Bonchev–Trinajstić information content (AvgIpc) is 2.58. The van der Waals surface area contributed by atoms with E-state index in [0.29, 0.717) is 40.2 Å². The first-order valence-corrected chi connectivity index (χ1v) is 8.00. The molecule has 2 amide bonds. The molecule has 0 aliphatic carbocycles. The van der Waals surface area contributed by atoms with E-state index in [0.717, 1.165) is 5.56 Å². The molecule has 2 aromatic carbocycles. The first-order chi connectivity index (χ1) is 11.5. The minimum Gasteiger partial charge on any atom is -0.493 e. The fourth-order valence-corrected chi connectivity index (χ4v) is 2.47. The Morgan fingerprint density at radius 2 is 1.83 bits per heavy atom. The summed E-state index contributed by atoms with van der Waals surface area (Å²) in [6, 6.07) is 10.3. The number of nitrogens with one attached hydrogen (secondary N) is 2. The van der Waals surface area contributed by atoms with Gasteiger partial charge >= 0.3 is 6.03 Å². The molecule has 0 aliphatic rings. The zero-order chi connectivity index (χ0) is 17.5. The molecule has 0 saturated carbocycles. The van der Waals surface area contributed by atoms with Gasteiger partial charge in [-0.15, -0.1) is 0 Å². The summed E-state index contributed by atoms with van der Waals surface area (Å²) in [5, 5.41) is 6.14. The van der Waals surface area contributed by atoms with E-state index in [1.807, 2.05) is 18.2 Å². The van der Waals surface area contributed by atoms with Gasteiger partial charge < -0.3 is 20.1 Å².